The van der Waals surface area contributed by atoms with E-state index in [4.69, 9.17) is 85.3 Å². The van der Waals surface area contributed by atoms with Gasteiger partial charge in [-0.1, -0.05) is 85.3 Å². The summed E-state index contributed by atoms with van der Waals surface area (Å²) in [6.45, 7) is 26.9. The Morgan fingerprint density at radius 3 is 1.63 bits per heavy atom. The Bertz CT molecular complexity index is 4200. The number of esters is 3. The van der Waals surface area contributed by atoms with Crippen LogP contribution in [0.5, 0.6) is 0 Å². The molecule has 8 saturated heterocycles. The molecule has 8 heterocycles. The number of hydrogen-bond acceptors (Lipinski definition) is 44. The first-order valence-electron chi connectivity index (χ1n) is 48.6. The Morgan fingerprint density at radius 1 is 0.504 bits per heavy atom. The number of allylic oxidation sites excluding steroid dienone is 3. The monoisotopic (exact) mass is 2000 g/mol. The summed E-state index contributed by atoms with van der Waals surface area (Å²) in [4.78, 5) is 45.1. The van der Waals surface area contributed by atoms with Gasteiger partial charge in [0.15, 0.2) is 56.2 Å². The number of rotatable bonds is 33. The van der Waals surface area contributed by atoms with E-state index in [2.05, 4.69) is 53.9 Å². The fourth-order valence-electron chi connectivity index (χ4n) is 24.2. The average Bonchev–Trinajstić information content (AvgIpc) is 0.801. The fraction of sp³-hybridized carbons (Fsp3) is 0.884. The highest BCUT2D eigenvalue weighted by atomic mass is 16.8. The van der Waals surface area contributed by atoms with Gasteiger partial charge in [-0.2, -0.15) is 0 Å². The van der Waals surface area contributed by atoms with Crippen LogP contribution in [0.1, 0.15) is 173 Å². The summed E-state index contributed by atoms with van der Waals surface area (Å²) in [5.74, 6) is -4.89. The molecule has 50 atom stereocenters. The average molecular weight is 2000 g/mol. The van der Waals surface area contributed by atoms with Crippen molar-refractivity contribution in [1.29, 1.82) is 0 Å². The lowest BCUT2D eigenvalue weighted by atomic mass is 9.33. The molecule has 0 aromatic rings. The highest BCUT2D eigenvalue weighted by Crippen LogP contribution is 2.76. The molecule has 0 unspecified atom stereocenters. The highest BCUT2D eigenvalue weighted by molar-refractivity contribution is 5.88. The van der Waals surface area contributed by atoms with Gasteiger partial charge in [0.25, 0.3) is 0 Å². The molecular formula is C95H152O44. The van der Waals surface area contributed by atoms with Gasteiger partial charge in [0.1, 0.15) is 164 Å². The molecule has 44 heteroatoms. The Kier molecular flexibility index (Phi) is 35.4. The Morgan fingerprint density at radius 2 is 1.01 bits per heavy atom. The first-order valence-corrected chi connectivity index (χ1v) is 48.6. The quantitative estimate of drug-likeness (QED) is 0.00971. The molecule has 0 radical (unpaired) electrons. The van der Waals surface area contributed by atoms with E-state index in [0.717, 1.165) is 5.57 Å². The zero-order chi connectivity index (χ0) is 102. The van der Waals surface area contributed by atoms with Crippen molar-refractivity contribution in [3.63, 3.8) is 0 Å². The molecule has 0 bridgehead atoms. The van der Waals surface area contributed by atoms with Crippen LogP contribution in [0.4, 0.5) is 0 Å². The van der Waals surface area contributed by atoms with E-state index in [0.29, 0.717) is 38.5 Å². The Hall–Kier alpha value is -4.15. The lowest BCUT2D eigenvalue weighted by molar-refractivity contribution is -0.390. The summed E-state index contributed by atoms with van der Waals surface area (Å²) in [5, 5.41) is 257. The molecule has 8 aliphatic heterocycles. The first kappa shape index (κ1) is 112. The minimum absolute atomic E-state index is 0.0232. The summed E-state index contributed by atoms with van der Waals surface area (Å²) in [6, 6.07) is 0. The Balaban J connectivity index is 0.763. The standard InChI is InChI=1S/C95H152O44/c1-16-90(11,121)26-18-20-40(4)78(119)133-72-41(5)126-84(70(116)65(72)111)139-91(12,17-2)27-19-21-39(3)77(118)131-55-32-95(87(120)138-86-76(64(110)59(105)48(34-97)129-86)137-83-71(117)74(135-82-69(115)62(108)58(104)47(33-96)127-82)73(42(6)125-83)134-81-67(113)60(106)49(35-98)128-81)44(30-88(55,7)8)43-22-23-52-92(13)28-25-54(89(9,10)51(92)24-29-93(52,14)94(43,15)31-53(95)101)132-80-68(114)63(109)61(107)50(130-80)38-124-85-75(57(103)46(100)37-123-85)136-79-66(112)56(102)45(99)36-122-79/h16-17,20,22,39,41-42,44-76,79-86,96-117,121H,1-2,18-19,21,23-38H2,3-15H3/b40-20+/t39-,41+,42-,44-,45+,46-,47+,48+,49-,50+,51-,52+,53+,54-,55-,56-,57-,58+,59+,60-,61+,62-,63-,64-,65+,66+,67+,68+,69+,70+,71+,72+,73-,74-,75-,76+,79-,80-,81-,82-,83+,84-,85-,86-,90+,91-,92-,93+,94+,95+/m0/s1. The number of ether oxygens (including phenoxy) is 18. The zero-order valence-corrected chi connectivity index (χ0v) is 80.9. The van der Waals surface area contributed by atoms with Gasteiger partial charge in [0.05, 0.1) is 81.2 Å². The maximum absolute atomic E-state index is 16.8. The summed E-state index contributed by atoms with van der Waals surface area (Å²) in [5.41, 5.74) is -7.69. The van der Waals surface area contributed by atoms with Crippen molar-refractivity contribution in [3.05, 3.63) is 48.6 Å². The van der Waals surface area contributed by atoms with Crippen LogP contribution < -0.4 is 0 Å². The molecule has 139 heavy (non-hydrogen) atoms. The summed E-state index contributed by atoms with van der Waals surface area (Å²) in [7, 11) is 0. The van der Waals surface area contributed by atoms with E-state index in [9.17, 15) is 122 Å². The largest absolute Gasteiger partial charge is 0.462 e. The van der Waals surface area contributed by atoms with Gasteiger partial charge in [0.2, 0.25) is 6.29 Å². The normalized spacial score (nSPS) is 48.8. The lowest BCUT2D eigenvalue weighted by Gasteiger charge is -2.72. The van der Waals surface area contributed by atoms with Gasteiger partial charge in [-0.3, -0.25) is 9.59 Å². The van der Waals surface area contributed by atoms with Crippen LogP contribution in [-0.2, 0) is 99.6 Å². The summed E-state index contributed by atoms with van der Waals surface area (Å²) >= 11 is 0. The van der Waals surface area contributed by atoms with Crippen molar-refractivity contribution >= 4 is 17.9 Å². The molecular weight excluding hydrogens is 1850 g/mol. The maximum atomic E-state index is 16.8. The summed E-state index contributed by atoms with van der Waals surface area (Å²) < 4.78 is 110. The van der Waals surface area contributed by atoms with Gasteiger partial charge >= 0.3 is 17.9 Å². The second-order valence-electron chi connectivity index (χ2n) is 43.4. The molecule has 44 nitrogen and oxygen atoms in total. The third-order valence-corrected chi connectivity index (χ3v) is 33.4. The number of aliphatic hydroxyl groups is 23. The molecule has 13 aliphatic rings. The molecule has 0 aromatic heterocycles. The van der Waals surface area contributed by atoms with Crippen molar-refractivity contribution in [2.45, 2.75) is 430 Å². The fourth-order valence-corrected chi connectivity index (χ4v) is 24.2. The van der Waals surface area contributed by atoms with Crippen LogP contribution in [-0.4, -0.2) is 432 Å². The van der Waals surface area contributed by atoms with Crippen molar-refractivity contribution in [2.75, 3.05) is 39.6 Å². The first-order chi connectivity index (χ1) is 65.1. The molecule has 5 aliphatic carbocycles. The van der Waals surface area contributed by atoms with Crippen LogP contribution in [0.3, 0.4) is 0 Å². The third kappa shape index (κ3) is 21.8. The van der Waals surface area contributed by atoms with Crippen molar-refractivity contribution in [1.82, 2.24) is 0 Å². The topological polar surface area (TPSA) is 683 Å². The van der Waals surface area contributed by atoms with E-state index < -0.39 is 365 Å². The number of fused-ring (bicyclic) bond motifs is 7. The van der Waals surface area contributed by atoms with Gasteiger partial charge in [-0.15, -0.1) is 13.2 Å². The van der Waals surface area contributed by atoms with E-state index in [1.165, 1.54) is 32.9 Å². The number of aliphatic hydroxyl groups excluding tert-OH is 22. The number of carbonyl (C=O) groups excluding carboxylic acids is 3. The van der Waals surface area contributed by atoms with E-state index in [1.807, 2.05) is 13.8 Å². The van der Waals surface area contributed by atoms with Gasteiger partial charge < -0.3 is 203 Å². The third-order valence-electron chi connectivity index (χ3n) is 33.4. The van der Waals surface area contributed by atoms with Crippen molar-refractivity contribution < 1.29 is 217 Å². The highest BCUT2D eigenvalue weighted by Gasteiger charge is 2.74. The molecule has 0 aromatic carbocycles. The molecule has 796 valence electrons. The second kappa shape index (κ2) is 43.9. The van der Waals surface area contributed by atoms with Crippen LogP contribution in [0.15, 0.2) is 48.6 Å². The minimum atomic E-state index is -2.26. The zero-order valence-electron chi connectivity index (χ0n) is 80.9. The van der Waals surface area contributed by atoms with Gasteiger partial charge in [-0.05, 0) is 151 Å². The second-order valence-corrected chi connectivity index (χ2v) is 43.4. The van der Waals surface area contributed by atoms with Gasteiger partial charge in [-0.25, -0.2) is 4.79 Å². The van der Waals surface area contributed by atoms with Crippen molar-refractivity contribution in [2.24, 2.45) is 56.2 Å². The predicted octanol–water partition coefficient (Wildman–Crippen LogP) is -4.32. The molecule has 0 amide bonds. The maximum Gasteiger partial charge on any atom is 0.333 e. The molecule has 0 spiro atoms. The SMILES string of the molecule is C=C[C@@](C)(CCC[C@H](C)C(=O)O[C@H]1C[C@]2(C(=O)O[C@@H]3O[C@H](CO)[C@@H](O)[C@H](O)[C@H]3O[C@H]3O[C@@H](C)[C@H](O[C@@H]4O[C@@H](CO)[C@H](O)[C@H]4O)[C@@H](O[C@@H]4O[C@H](CO)[C@@H](O)[C@H](O)[C@H]4O)[C@H]3O)[C@H](O)C[C@]3(C)C(=CC[C@@H]4[C@@]5(C)CC[C@H](O[C@@H]6O[C@H](CO[C@@H]7OC[C@H](O)[C@H](O)[C@@H]7O[C@@H]7OC[C@@H](O)[C@H](O)[C@H]7O)[C@@H](O)[C@H](O)[C@H]6O)C(C)(C)[C@@H]5CC[C@]43C)[C@@H]2CC1(C)C)O[C@@H]1O[C@H](C)[C@@H](OC(=O)/C(C)=C/CC[C@](C)(O)C=C)[C@H](O)[C@H]1O. The number of carbonyl (C=O) groups is 3. The van der Waals surface area contributed by atoms with E-state index >= 15 is 9.59 Å². The number of hydrogen-bond donors (Lipinski definition) is 23. The van der Waals surface area contributed by atoms with Crippen molar-refractivity contribution in [3.8, 4) is 0 Å². The van der Waals surface area contributed by atoms with Crippen LogP contribution in [0, 0.1) is 56.2 Å². The summed E-state index contributed by atoms with van der Waals surface area (Å²) in [6.07, 6.45) is -59.2. The molecule has 23 N–H and O–H groups in total. The smallest absolute Gasteiger partial charge is 0.333 e. The molecule has 4 saturated carbocycles. The predicted molar refractivity (Wildman–Crippen MR) is 471 cm³/mol. The Labute approximate surface area is 806 Å². The minimum Gasteiger partial charge on any atom is -0.462 e. The lowest BCUT2D eigenvalue weighted by Crippen LogP contribution is -2.70. The van der Waals surface area contributed by atoms with Crippen LogP contribution in [0.2, 0.25) is 0 Å². The van der Waals surface area contributed by atoms with E-state index in [-0.39, 0.29) is 55.9 Å². The van der Waals surface area contributed by atoms with E-state index in [1.54, 1.807) is 26.8 Å². The van der Waals surface area contributed by atoms with Gasteiger partial charge in [0, 0.05) is 17.4 Å². The van der Waals surface area contributed by atoms with Crippen LogP contribution >= 0.6 is 0 Å². The molecule has 12 fully saturated rings. The van der Waals surface area contributed by atoms with Crippen LogP contribution in [0.25, 0.3) is 0 Å². The molecule has 13 rings (SSSR count).